The lowest BCUT2D eigenvalue weighted by Gasteiger charge is -2.09. The maximum atomic E-state index is 12.5. The van der Waals surface area contributed by atoms with Gasteiger partial charge in [-0.2, -0.15) is 0 Å². The molecule has 0 aliphatic carbocycles. The lowest BCUT2D eigenvalue weighted by atomic mass is 10.1. The number of amides is 2. The number of fused-ring (bicyclic) bond motifs is 1. The fourth-order valence-electron chi connectivity index (χ4n) is 2.44. The van der Waals surface area contributed by atoms with Crippen molar-refractivity contribution in [3.63, 3.8) is 0 Å². The zero-order chi connectivity index (χ0) is 18.7. The van der Waals surface area contributed by atoms with Crippen molar-refractivity contribution in [2.45, 2.75) is 13.3 Å². The first kappa shape index (κ1) is 17.6. The van der Waals surface area contributed by atoms with Crippen LogP contribution in [0.2, 0.25) is 0 Å². The van der Waals surface area contributed by atoms with Crippen molar-refractivity contribution in [3.05, 3.63) is 63.2 Å². The van der Waals surface area contributed by atoms with Crippen molar-refractivity contribution in [1.82, 2.24) is 9.97 Å². The SMILES string of the molecule is CCC(=O)Nc1cccc(NC(=O)c2ccc3c(=O)[nH]c(=S)[nH]c3c2)c1. The summed E-state index contributed by atoms with van der Waals surface area (Å²) in [7, 11) is 0. The summed E-state index contributed by atoms with van der Waals surface area (Å²) in [5.41, 5.74) is 1.69. The number of nitrogens with one attached hydrogen (secondary N) is 4. The number of hydrogen-bond acceptors (Lipinski definition) is 4. The first-order chi connectivity index (χ1) is 12.5. The Labute approximate surface area is 153 Å². The highest BCUT2D eigenvalue weighted by Gasteiger charge is 2.09. The Morgan fingerprint density at radius 3 is 2.50 bits per heavy atom. The summed E-state index contributed by atoms with van der Waals surface area (Å²) in [6.45, 7) is 1.76. The molecule has 0 bridgehead atoms. The second kappa shape index (κ2) is 7.32. The molecule has 0 saturated carbocycles. The number of carbonyl (C=O) groups is 2. The van der Waals surface area contributed by atoms with E-state index in [1.165, 1.54) is 0 Å². The van der Waals surface area contributed by atoms with E-state index in [9.17, 15) is 14.4 Å². The molecule has 2 aromatic carbocycles. The van der Waals surface area contributed by atoms with Crippen LogP contribution in [0, 0.1) is 4.77 Å². The molecule has 26 heavy (non-hydrogen) atoms. The van der Waals surface area contributed by atoms with Crippen LogP contribution in [0.1, 0.15) is 23.7 Å². The van der Waals surface area contributed by atoms with Crippen LogP contribution in [0.15, 0.2) is 47.3 Å². The van der Waals surface area contributed by atoms with Crippen molar-refractivity contribution in [3.8, 4) is 0 Å². The molecule has 0 aliphatic heterocycles. The number of aromatic amines is 2. The molecule has 0 radical (unpaired) electrons. The summed E-state index contributed by atoms with van der Waals surface area (Å²) in [5.74, 6) is -0.450. The molecule has 7 nitrogen and oxygen atoms in total. The quantitative estimate of drug-likeness (QED) is 0.531. The van der Waals surface area contributed by atoms with E-state index in [0.29, 0.717) is 34.3 Å². The highest BCUT2D eigenvalue weighted by molar-refractivity contribution is 7.71. The van der Waals surface area contributed by atoms with Crippen LogP contribution < -0.4 is 16.2 Å². The van der Waals surface area contributed by atoms with Gasteiger partial charge in [0.2, 0.25) is 5.91 Å². The van der Waals surface area contributed by atoms with Gasteiger partial charge in [-0.15, -0.1) is 0 Å². The number of aromatic nitrogens is 2. The highest BCUT2D eigenvalue weighted by atomic mass is 32.1. The maximum Gasteiger partial charge on any atom is 0.259 e. The van der Waals surface area contributed by atoms with Crippen LogP contribution in [-0.2, 0) is 4.79 Å². The molecule has 8 heteroatoms. The van der Waals surface area contributed by atoms with Crippen LogP contribution in [0.5, 0.6) is 0 Å². The second-order valence-corrected chi connectivity index (χ2v) is 6.01. The molecule has 132 valence electrons. The lowest BCUT2D eigenvalue weighted by Crippen LogP contribution is -2.14. The van der Waals surface area contributed by atoms with Crippen molar-refractivity contribution in [2.75, 3.05) is 10.6 Å². The number of rotatable bonds is 4. The first-order valence-electron chi connectivity index (χ1n) is 7.94. The smallest absolute Gasteiger partial charge is 0.259 e. The minimum absolute atomic E-state index is 0.108. The van der Waals surface area contributed by atoms with Gasteiger partial charge in [-0.05, 0) is 48.6 Å². The fraction of sp³-hybridized carbons (Fsp3) is 0.111. The molecule has 0 atom stereocenters. The molecule has 4 N–H and O–H groups in total. The van der Waals surface area contributed by atoms with Crippen LogP contribution >= 0.6 is 12.2 Å². The van der Waals surface area contributed by atoms with Gasteiger partial charge in [0.15, 0.2) is 4.77 Å². The van der Waals surface area contributed by atoms with Gasteiger partial charge in [0.25, 0.3) is 11.5 Å². The fourth-order valence-corrected chi connectivity index (χ4v) is 2.64. The molecule has 0 unspecified atom stereocenters. The van der Waals surface area contributed by atoms with Gasteiger partial charge in [0, 0.05) is 23.4 Å². The predicted octanol–water partition coefficient (Wildman–Crippen LogP) is 3.19. The summed E-state index contributed by atoms with van der Waals surface area (Å²) in [5, 5.41) is 5.92. The van der Waals surface area contributed by atoms with Crippen molar-refractivity contribution >= 4 is 46.3 Å². The van der Waals surface area contributed by atoms with Crippen molar-refractivity contribution in [1.29, 1.82) is 0 Å². The van der Waals surface area contributed by atoms with E-state index in [0.717, 1.165) is 0 Å². The average Bonchev–Trinajstić information content (AvgIpc) is 2.61. The molecule has 1 heterocycles. The largest absolute Gasteiger partial charge is 0.332 e. The summed E-state index contributed by atoms with van der Waals surface area (Å²) < 4.78 is 0.194. The predicted molar refractivity (Wildman–Crippen MR) is 103 cm³/mol. The third-order valence-corrected chi connectivity index (χ3v) is 3.93. The molecule has 3 aromatic rings. The van der Waals surface area contributed by atoms with Crippen LogP contribution in [-0.4, -0.2) is 21.8 Å². The van der Waals surface area contributed by atoms with Crippen LogP contribution in [0.3, 0.4) is 0 Å². The Hall–Kier alpha value is -3.26. The molecule has 0 spiro atoms. The number of benzene rings is 2. The standard InChI is InChI=1S/C18H16N4O3S/c1-2-15(23)19-11-4-3-5-12(9-11)20-16(24)10-6-7-13-14(8-10)21-18(26)22-17(13)25/h3-9H,2H2,1H3,(H,19,23)(H,20,24)(H2,21,22,25,26). The minimum atomic E-state index is -0.342. The van der Waals surface area contributed by atoms with Crippen LogP contribution in [0.25, 0.3) is 10.9 Å². The average molecular weight is 368 g/mol. The van der Waals surface area contributed by atoms with Gasteiger partial charge >= 0.3 is 0 Å². The topological polar surface area (TPSA) is 107 Å². The number of hydrogen-bond donors (Lipinski definition) is 4. The lowest BCUT2D eigenvalue weighted by molar-refractivity contribution is -0.115. The Morgan fingerprint density at radius 2 is 1.77 bits per heavy atom. The monoisotopic (exact) mass is 368 g/mol. The van der Waals surface area contributed by atoms with E-state index < -0.39 is 0 Å². The summed E-state index contributed by atoms with van der Waals surface area (Å²) in [4.78, 5) is 41.2. The third-order valence-electron chi connectivity index (χ3n) is 3.73. The Morgan fingerprint density at radius 1 is 1.04 bits per heavy atom. The van der Waals surface area contributed by atoms with Gasteiger partial charge < -0.3 is 15.6 Å². The van der Waals surface area contributed by atoms with Gasteiger partial charge in [0.1, 0.15) is 0 Å². The van der Waals surface area contributed by atoms with E-state index in [1.54, 1.807) is 49.4 Å². The molecule has 0 aliphatic rings. The van der Waals surface area contributed by atoms with E-state index in [4.69, 9.17) is 12.2 Å². The van der Waals surface area contributed by atoms with E-state index in [1.807, 2.05) is 0 Å². The van der Waals surface area contributed by atoms with Gasteiger partial charge in [-0.1, -0.05) is 13.0 Å². The summed E-state index contributed by atoms with van der Waals surface area (Å²) in [6, 6.07) is 11.6. The number of carbonyl (C=O) groups excluding carboxylic acids is 2. The van der Waals surface area contributed by atoms with Gasteiger partial charge in [-0.25, -0.2) is 0 Å². The first-order valence-corrected chi connectivity index (χ1v) is 8.34. The molecule has 0 saturated heterocycles. The zero-order valence-corrected chi connectivity index (χ0v) is 14.7. The molecule has 3 rings (SSSR count). The van der Waals surface area contributed by atoms with E-state index in [2.05, 4.69) is 20.6 Å². The summed E-state index contributed by atoms with van der Waals surface area (Å²) >= 11 is 4.95. The number of H-pyrrole nitrogens is 2. The maximum absolute atomic E-state index is 12.5. The molecule has 1 aromatic heterocycles. The molecular formula is C18H16N4O3S. The molecule has 2 amide bonds. The minimum Gasteiger partial charge on any atom is -0.332 e. The van der Waals surface area contributed by atoms with Gasteiger partial charge in [-0.3, -0.25) is 19.4 Å². The van der Waals surface area contributed by atoms with Gasteiger partial charge in [0.05, 0.1) is 10.9 Å². The Bertz CT molecular complexity index is 1120. The molecular weight excluding hydrogens is 352 g/mol. The molecule has 0 fully saturated rings. The zero-order valence-electron chi connectivity index (χ0n) is 13.9. The van der Waals surface area contributed by atoms with E-state index >= 15 is 0 Å². The third kappa shape index (κ3) is 3.86. The van der Waals surface area contributed by atoms with Crippen LogP contribution in [0.4, 0.5) is 11.4 Å². The normalized spacial score (nSPS) is 10.5. The van der Waals surface area contributed by atoms with E-state index in [-0.39, 0.29) is 22.1 Å². The number of anilines is 2. The van der Waals surface area contributed by atoms with Crippen molar-refractivity contribution in [2.24, 2.45) is 0 Å². The second-order valence-electron chi connectivity index (χ2n) is 5.61. The summed E-state index contributed by atoms with van der Waals surface area (Å²) in [6.07, 6.45) is 0.369. The Kier molecular flexibility index (Phi) is 4.94. The van der Waals surface area contributed by atoms with Crippen molar-refractivity contribution < 1.29 is 9.59 Å². The Balaban J connectivity index is 1.85. The highest BCUT2D eigenvalue weighted by Crippen LogP contribution is 2.17.